The highest BCUT2D eigenvalue weighted by Crippen LogP contribution is 2.44. The first-order valence-electron chi connectivity index (χ1n) is 27.4. The molecule has 4 aliphatic heterocycles. The molecule has 5 N–H and O–H groups in total. The summed E-state index contributed by atoms with van der Waals surface area (Å²) in [6.07, 6.45) is 8.34. The van der Waals surface area contributed by atoms with Crippen LogP contribution in [-0.2, 0) is 30.4 Å². The first-order valence-corrected chi connectivity index (χ1v) is 27.4. The lowest BCUT2D eigenvalue weighted by Gasteiger charge is -2.31. The minimum Gasteiger partial charge on any atom is -0.493 e. The molecule has 0 saturated heterocycles. The second kappa shape index (κ2) is 28.9. The van der Waals surface area contributed by atoms with Crippen molar-refractivity contribution in [2.24, 2.45) is 5.92 Å². The summed E-state index contributed by atoms with van der Waals surface area (Å²) in [6.45, 7) is 15.3. The van der Waals surface area contributed by atoms with Gasteiger partial charge in [-0.15, -0.1) is 0 Å². The number of ether oxygens (including phenoxy) is 7. The van der Waals surface area contributed by atoms with E-state index in [1.54, 1.807) is 57.4 Å². The summed E-state index contributed by atoms with van der Waals surface area (Å²) in [5, 5.41) is 32.4. The second-order valence-corrected chi connectivity index (χ2v) is 20.3. The molecule has 4 aliphatic rings. The topological polar surface area (TPSA) is 274 Å². The number of fused-ring (bicyclic) bond motifs is 4. The van der Waals surface area contributed by atoms with Crippen LogP contribution >= 0.6 is 0 Å². The number of Topliss-reactive ketones (excluding diaryl/α,β-unsaturated/α-hetero) is 2. The monoisotopic (exact) mass is 1160 g/mol. The number of nitrogens with one attached hydrogen (secondary N) is 3. The lowest BCUT2D eigenvalue weighted by molar-refractivity contribution is -0.122. The number of ketones is 2. The standard InChI is InChI=1S/C61H73N7O16/c1-10-15-39-25-46-57(73)67(60(76)83-22-13-4)44-29-52(50(78-8)27-42(44)55(71)65(46)33-39)80-23-14-24-81-53-30-45-43(28-51(53)79-9)56(72)66-34-40(16-11-2)26-47(66)58(74)68(45)61(77)84-35-38-17-19-41(20-18-38)63-31-48(69)37(7)62-32-49(70)54(36(5)6)64-59(75)82-21-12-3/h10-13,15-20,27-30,33-34,36-37,46-47,54,57-58,62-63,73-74H,3-4,14,21-26,31-32,35H2,1-2,5-9H3,(H,64,75)/b15-10+,16-11+/t37-,46-,47-,54-,57-,58-/m0/s1. The molecular formula is C61H73N7O16. The fourth-order valence-electron chi connectivity index (χ4n) is 9.90. The van der Waals surface area contributed by atoms with Crippen molar-refractivity contribution in [3.05, 3.63) is 138 Å². The Morgan fingerprint density at radius 2 is 1.18 bits per heavy atom. The van der Waals surface area contributed by atoms with Crippen molar-refractivity contribution in [1.82, 2.24) is 20.4 Å². The molecule has 0 spiro atoms. The minimum absolute atomic E-state index is 0.00353. The average molecular weight is 1160 g/mol. The number of carbonyl (C=O) groups excluding carboxylic acids is 7. The van der Waals surface area contributed by atoms with Crippen LogP contribution in [0.1, 0.15) is 80.2 Å². The lowest BCUT2D eigenvalue weighted by Crippen LogP contribution is -2.50. The normalized spacial score (nSPS) is 18.7. The van der Waals surface area contributed by atoms with Gasteiger partial charge in [-0.3, -0.25) is 19.2 Å². The van der Waals surface area contributed by atoms with E-state index in [1.165, 1.54) is 60.4 Å². The molecule has 0 unspecified atom stereocenters. The molecule has 6 atom stereocenters. The van der Waals surface area contributed by atoms with Gasteiger partial charge in [0.25, 0.3) is 11.8 Å². The molecule has 4 heterocycles. The van der Waals surface area contributed by atoms with Crippen LogP contribution in [0.25, 0.3) is 0 Å². The number of rotatable bonds is 26. The van der Waals surface area contributed by atoms with Crippen molar-refractivity contribution in [1.29, 1.82) is 0 Å². The number of benzene rings is 3. The smallest absolute Gasteiger partial charge is 0.416 e. The predicted molar refractivity (Wildman–Crippen MR) is 311 cm³/mol. The second-order valence-electron chi connectivity index (χ2n) is 20.3. The van der Waals surface area contributed by atoms with Crippen molar-refractivity contribution in [2.45, 2.75) is 97.1 Å². The zero-order valence-corrected chi connectivity index (χ0v) is 48.2. The van der Waals surface area contributed by atoms with Gasteiger partial charge in [-0.05, 0) is 80.5 Å². The zero-order valence-electron chi connectivity index (χ0n) is 48.2. The fraction of sp³-hybridized carbons (Fsp3) is 0.393. The molecule has 84 heavy (non-hydrogen) atoms. The number of hydrogen-bond donors (Lipinski definition) is 5. The van der Waals surface area contributed by atoms with E-state index < -0.39 is 66.7 Å². The van der Waals surface area contributed by atoms with Gasteiger partial charge in [0.1, 0.15) is 19.8 Å². The average Bonchev–Trinajstić information content (AvgIpc) is 2.82. The Kier molecular flexibility index (Phi) is 21.5. The number of aliphatic hydroxyl groups is 2. The summed E-state index contributed by atoms with van der Waals surface area (Å²) in [4.78, 5) is 99.4. The fourth-order valence-corrected chi connectivity index (χ4v) is 9.90. The maximum Gasteiger partial charge on any atom is 0.416 e. The highest BCUT2D eigenvalue weighted by atomic mass is 16.6. The number of allylic oxidation sites excluding steroid dienone is 4. The van der Waals surface area contributed by atoms with Gasteiger partial charge in [0.05, 0.1) is 87.2 Å². The van der Waals surface area contributed by atoms with E-state index >= 15 is 0 Å². The Bertz CT molecular complexity index is 3100. The van der Waals surface area contributed by atoms with Gasteiger partial charge < -0.3 is 69.1 Å². The van der Waals surface area contributed by atoms with Gasteiger partial charge in [0, 0.05) is 36.6 Å². The van der Waals surface area contributed by atoms with Crippen LogP contribution in [0, 0.1) is 5.92 Å². The summed E-state index contributed by atoms with van der Waals surface area (Å²) in [5.74, 6) is -1.18. The van der Waals surface area contributed by atoms with Gasteiger partial charge in [-0.1, -0.05) is 75.6 Å². The highest BCUT2D eigenvalue weighted by Gasteiger charge is 2.47. The van der Waals surface area contributed by atoms with Crippen molar-refractivity contribution in [2.75, 3.05) is 68.9 Å². The summed E-state index contributed by atoms with van der Waals surface area (Å²) >= 11 is 0. The van der Waals surface area contributed by atoms with Gasteiger partial charge in [-0.25, -0.2) is 24.2 Å². The number of nitrogens with zero attached hydrogens (tertiary/aromatic N) is 4. The van der Waals surface area contributed by atoms with Gasteiger partial charge in [0.15, 0.2) is 47.0 Å². The number of amides is 5. The molecular weight excluding hydrogens is 1090 g/mol. The molecule has 0 bridgehead atoms. The molecule has 0 fully saturated rings. The van der Waals surface area contributed by atoms with Gasteiger partial charge >= 0.3 is 18.3 Å². The largest absolute Gasteiger partial charge is 0.493 e. The Morgan fingerprint density at radius 3 is 1.65 bits per heavy atom. The van der Waals surface area contributed by atoms with Crippen LogP contribution in [-0.4, -0.2) is 152 Å². The molecule has 23 nitrogen and oxygen atoms in total. The highest BCUT2D eigenvalue weighted by molar-refractivity contribution is 6.07. The summed E-state index contributed by atoms with van der Waals surface area (Å²) < 4.78 is 40.0. The Morgan fingerprint density at radius 1 is 0.679 bits per heavy atom. The molecule has 448 valence electrons. The quantitative estimate of drug-likeness (QED) is 0.0300. The summed E-state index contributed by atoms with van der Waals surface area (Å²) in [6, 6.07) is 9.25. The van der Waals surface area contributed by atoms with E-state index in [-0.39, 0.29) is 128 Å². The lowest BCUT2D eigenvalue weighted by atomic mass is 9.99. The third kappa shape index (κ3) is 14.4. The maximum atomic E-state index is 14.4. The number of alkyl carbamates (subject to hydrolysis) is 1. The predicted octanol–water partition coefficient (Wildman–Crippen LogP) is 7.30. The van der Waals surface area contributed by atoms with E-state index in [2.05, 4.69) is 29.1 Å². The Labute approximate surface area is 487 Å². The molecule has 5 amide bonds. The van der Waals surface area contributed by atoms with Crippen LogP contribution in [0.3, 0.4) is 0 Å². The van der Waals surface area contributed by atoms with Crippen LogP contribution < -0.4 is 44.7 Å². The third-order valence-electron chi connectivity index (χ3n) is 14.2. The first kappa shape index (κ1) is 62.7. The molecule has 23 heteroatoms. The van der Waals surface area contributed by atoms with E-state index in [4.69, 9.17) is 33.2 Å². The molecule has 3 aromatic rings. The molecule has 0 aromatic heterocycles. The van der Waals surface area contributed by atoms with Crippen LogP contribution in [0.4, 0.5) is 31.4 Å². The van der Waals surface area contributed by atoms with Crippen LogP contribution in [0.5, 0.6) is 23.0 Å². The maximum absolute atomic E-state index is 14.4. The number of hydrogen-bond acceptors (Lipinski definition) is 18. The van der Waals surface area contributed by atoms with E-state index in [9.17, 15) is 43.8 Å². The van der Waals surface area contributed by atoms with Crippen molar-refractivity contribution in [3.8, 4) is 23.0 Å². The summed E-state index contributed by atoms with van der Waals surface area (Å²) in [7, 11) is 2.79. The van der Waals surface area contributed by atoms with E-state index in [1.807, 2.05) is 38.2 Å². The van der Waals surface area contributed by atoms with Crippen molar-refractivity contribution >= 4 is 58.7 Å². The number of methoxy groups -OCH3 is 2. The minimum atomic E-state index is -1.59. The van der Waals surface area contributed by atoms with Gasteiger partial charge in [0.2, 0.25) is 0 Å². The van der Waals surface area contributed by atoms with Crippen molar-refractivity contribution in [3.63, 3.8) is 0 Å². The SMILES string of the molecule is C=CCOC(=O)N[C@H](C(=O)CN[C@@H](C)C(=O)CNc1ccc(COC(=O)N2c3cc(OCCCOc4cc5c(cc4OC)C(=O)N4C=C(/C=C/C)C[C@H]4[C@H](O)N5C(=O)OCC=C)c(OC)cc3C(=O)N3C=C(/C=C/C)C[C@H]3[C@@H]2O)cc1)C(C)C. The molecule has 0 aliphatic carbocycles. The molecule has 3 aromatic carbocycles. The Hall–Kier alpha value is -8.93. The van der Waals surface area contributed by atoms with Crippen LogP contribution in [0.15, 0.2) is 122 Å². The first-order chi connectivity index (χ1) is 40.4. The number of carbonyl (C=O) groups is 7. The molecule has 0 saturated carbocycles. The Balaban J connectivity index is 1.02. The number of anilines is 3. The molecule has 7 rings (SSSR count). The summed E-state index contributed by atoms with van der Waals surface area (Å²) in [5.41, 5.74) is 2.79. The van der Waals surface area contributed by atoms with E-state index in [0.29, 0.717) is 11.3 Å². The number of aliphatic hydroxyl groups excluding tert-OH is 2. The third-order valence-corrected chi connectivity index (χ3v) is 14.2. The van der Waals surface area contributed by atoms with E-state index in [0.717, 1.165) is 20.9 Å². The van der Waals surface area contributed by atoms with Gasteiger partial charge in [-0.2, -0.15) is 0 Å². The molecule has 0 radical (unpaired) electrons. The van der Waals surface area contributed by atoms with Crippen molar-refractivity contribution < 1.29 is 76.9 Å². The van der Waals surface area contributed by atoms with Crippen LogP contribution in [0.2, 0.25) is 0 Å². The zero-order chi connectivity index (χ0) is 60.8.